The van der Waals surface area contributed by atoms with Crippen molar-refractivity contribution in [3.05, 3.63) is 53.1 Å². The van der Waals surface area contributed by atoms with E-state index < -0.39 is 0 Å². The highest BCUT2D eigenvalue weighted by atomic mass is 35.5. The zero-order valence-electron chi connectivity index (χ0n) is 10.2. The van der Waals surface area contributed by atoms with Crippen LogP contribution in [0.4, 0.5) is 5.69 Å². The highest BCUT2D eigenvalue weighted by molar-refractivity contribution is 6.34. The summed E-state index contributed by atoms with van der Waals surface area (Å²) in [7, 11) is 1.50. The average Bonchev–Trinajstić information content (AvgIpc) is 2.41. The third-order valence-corrected chi connectivity index (χ3v) is 2.87. The normalized spacial score (nSPS) is 10.0. The van der Waals surface area contributed by atoms with E-state index in [9.17, 15) is 9.90 Å². The standard InChI is InChI=1S/C14H12ClNO3/c1-19-13-5-3-2-4-10(13)14(18)16-12-7-6-9(17)8-11(12)15/h2-8,17H,1H3,(H,16,18). The molecule has 2 N–H and O–H groups in total. The second-order valence-corrected chi connectivity index (χ2v) is 4.23. The average molecular weight is 278 g/mol. The van der Waals surface area contributed by atoms with Gasteiger partial charge in [0.25, 0.3) is 5.91 Å². The molecule has 0 saturated heterocycles. The minimum absolute atomic E-state index is 0.0419. The number of amides is 1. The van der Waals surface area contributed by atoms with E-state index in [2.05, 4.69) is 5.32 Å². The van der Waals surface area contributed by atoms with Crippen molar-refractivity contribution in [1.29, 1.82) is 0 Å². The van der Waals surface area contributed by atoms with Crippen molar-refractivity contribution >= 4 is 23.2 Å². The Morgan fingerprint density at radius 2 is 2.00 bits per heavy atom. The molecular weight excluding hydrogens is 266 g/mol. The second-order valence-electron chi connectivity index (χ2n) is 3.82. The van der Waals surface area contributed by atoms with E-state index in [1.165, 1.54) is 25.3 Å². The molecule has 1 amide bonds. The van der Waals surface area contributed by atoms with Crippen LogP contribution in [-0.2, 0) is 0 Å². The Morgan fingerprint density at radius 3 is 2.68 bits per heavy atom. The van der Waals surface area contributed by atoms with Gasteiger partial charge in [-0.3, -0.25) is 4.79 Å². The lowest BCUT2D eigenvalue weighted by Crippen LogP contribution is -2.13. The van der Waals surface area contributed by atoms with Gasteiger partial charge in [-0.05, 0) is 24.3 Å². The van der Waals surface area contributed by atoms with Crippen LogP contribution in [0, 0.1) is 0 Å². The summed E-state index contributed by atoms with van der Waals surface area (Å²) >= 11 is 5.93. The first-order valence-electron chi connectivity index (χ1n) is 5.54. The van der Waals surface area contributed by atoms with Gasteiger partial charge in [0, 0.05) is 6.07 Å². The Kier molecular flexibility index (Phi) is 3.92. The monoisotopic (exact) mass is 277 g/mol. The van der Waals surface area contributed by atoms with Crippen LogP contribution in [0.3, 0.4) is 0 Å². The molecule has 0 fully saturated rings. The summed E-state index contributed by atoms with van der Waals surface area (Å²) in [6.07, 6.45) is 0. The third-order valence-electron chi connectivity index (χ3n) is 2.55. The molecular formula is C14H12ClNO3. The number of carbonyl (C=O) groups excluding carboxylic acids is 1. The summed E-state index contributed by atoms with van der Waals surface area (Å²) in [5, 5.41) is 12.2. The fraction of sp³-hybridized carbons (Fsp3) is 0.0714. The van der Waals surface area contributed by atoms with Gasteiger partial charge in [-0.15, -0.1) is 0 Å². The number of halogens is 1. The van der Waals surface area contributed by atoms with Crippen molar-refractivity contribution in [3.8, 4) is 11.5 Å². The highest BCUT2D eigenvalue weighted by Crippen LogP contribution is 2.27. The van der Waals surface area contributed by atoms with Crippen molar-refractivity contribution < 1.29 is 14.6 Å². The van der Waals surface area contributed by atoms with E-state index in [0.717, 1.165) is 0 Å². The molecule has 98 valence electrons. The minimum Gasteiger partial charge on any atom is -0.508 e. The molecule has 0 bridgehead atoms. The molecule has 0 aliphatic heterocycles. The molecule has 2 aromatic rings. The zero-order chi connectivity index (χ0) is 13.8. The van der Waals surface area contributed by atoms with Gasteiger partial charge < -0.3 is 15.2 Å². The van der Waals surface area contributed by atoms with Crippen LogP contribution in [0.5, 0.6) is 11.5 Å². The Hall–Kier alpha value is -2.20. The molecule has 5 heteroatoms. The lowest BCUT2D eigenvalue weighted by molar-refractivity contribution is 0.102. The maximum Gasteiger partial charge on any atom is 0.259 e. The van der Waals surface area contributed by atoms with Gasteiger partial charge in [0.15, 0.2) is 0 Å². The number of methoxy groups -OCH3 is 1. The van der Waals surface area contributed by atoms with Crippen molar-refractivity contribution in [2.75, 3.05) is 12.4 Å². The second kappa shape index (κ2) is 5.63. The maximum atomic E-state index is 12.1. The number of aromatic hydroxyl groups is 1. The van der Waals surface area contributed by atoms with Crippen LogP contribution >= 0.6 is 11.6 Å². The molecule has 0 unspecified atom stereocenters. The number of anilines is 1. The summed E-state index contributed by atoms with van der Waals surface area (Å²) < 4.78 is 5.12. The Bertz CT molecular complexity index is 613. The number of phenols is 1. The number of benzene rings is 2. The van der Waals surface area contributed by atoms with Crippen LogP contribution < -0.4 is 10.1 Å². The number of ether oxygens (including phenoxy) is 1. The SMILES string of the molecule is COc1ccccc1C(=O)Nc1ccc(O)cc1Cl. The first-order valence-corrected chi connectivity index (χ1v) is 5.92. The first-order chi connectivity index (χ1) is 9.11. The fourth-order valence-electron chi connectivity index (χ4n) is 1.63. The summed E-state index contributed by atoms with van der Waals surface area (Å²) in [5.74, 6) is 0.195. The van der Waals surface area contributed by atoms with E-state index >= 15 is 0 Å². The molecule has 19 heavy (non-hydrogen) atoms. The van der Waals surface area contributed by atoms with E-state index in [1.807, 2.05) is 0 Å². The molecule has 0 aliphatic carbocycles. The lowest BCUT2D eigenvalue weighted by Gasteiger charge is -2.10. The molecule has 0 radical (unpaired) electrons. The van der Waals surface area contributed by atoms with Gasteiger partial charge in [-0.2, -0.15) is 0 Å². The van der Waals surface area contributed by atoms with Crippen molar-refractivity contribution in [2.24, 2.45) is 0 Å². The molecule has 2 aromatic carbocycles. The highest BCUT2D eigenvalue weighted by Gasteiger charge is 2.13. The molecule has 0 atom stereocenters. The van der Waals surface area contributed by atoms with Gasteiger partial charge >= 0.3 is 0 Å². The first kappa shape index (κ1) is 13.2. The van der Waals surface area contributed by atoms with E-state index in [4.69, 9.17) is 16.3 Å². The smallest absolute Gasteiger partial charge is 0.259 e. The molecule has 2 rings (SSSR count). The number of carbonyl (C=O) groups is 1. The lowest BCUT2D eigenvalue weighted by atomic mass is 10.2. The number of rotatable bonds is 3. The molecule has 0 aromatic heterocycles. The van der Waals surface area contributed by atoms with Gasteiger partial charge in [-0.25, -0.2) is 0 Å². The van der Waals surface area contributed by atoms with Gasteiger partial charge in [0.2, 0.25) is 0 Å². The number of hydrogen-bond acceptors (Lipinski definition) is 3. The fourth-order valence-corrected chi connectivity index (χ4v) is 1.85. The number of phenolic OH excluding ortho intramolecular Hbond substituents is 1. The minimum atomic E-state index is -0.329. The summed E-state index contributed by atoms with van der Waals surface area (Å²) in [5.41, 5.74) is 0.838. The predicted octanol–water partition coefficient (Wildman–Crippen LogP) is 3.31. The Morgan fingerprint density at radius 1 is 1.26 bits per heavy atom. The molecule has 0 heterocycles. The number of hydrogen-bond donors (Lipinski definition) is 2. The molecule has 0 saturated carbocycles. The van der Waals surface area contributed by atoms with Crippen molar-refractivity contribution in [2.45, 2.75) is 0 Å². The maximum absolute atomic E-state index is 12.1. The molecule has 0 aliphatic rings. The van der Waals surface area contributed by atoms with Gasteiger partial charge in [0.1, 0.15) is 11.5 Å². The predicted molar refractivity (Wildman–Crippen MR) is 74.1 cm³/mol. The van der Waals surface area contributed by atoms with Crippen molar-refractivity contribution in [1.82, 2.24) is 0 Å². The molecule has 4 nitrogen and oxygen atoms in total. The Labute approximate surface area is 115 Å². The zero-order valence-corrected chi connectivity index (χ0v) is 10.9. The molecule has 0 spiro atoms. The summed E-state index contributed by atoms with van der Waals surface area (Å²) in [6, 6.07) is 11.2. The van der Waals surface area contributed by atoms with E-state index in [0.29, 0.717) is 17.0 Å². The van der Waals surface area contributed by atoms with Crippen LogP contribution in [0.15, 0.2) is 42.5 Å². The third kappa shape index (κ3) is 2.98. The van der Waals surface area contributed by atoms with Gasteiger partial charge in [-0.1, -0.05) is 23.7 Å². The van der Waals surface area contributed by atoms with Crippen LogP contribution in [0.2, 0.25) is 5.02 Å². The van der Waals surface area contributed by atoms with E-state index in [1.54, 1.807) is 24.3 Å². The topological polar surface area (TPSA) is 58.6 Å². The van der Waals surface area contributed by atoms with E-state index in [-0.39, 0.29) is 16.7 Å². The summed E-state index contributed by atoms with van der Waals surface area (Å²) in [6.45, 7) is 0. The largest absolute Gasteiger partial charge is 0.508 e. The van der Waals surface area contributed by atoms with Crippen LogP contribution in [0.25, 0.3) is 0 Å². The van der Waals surface area contributed by atoms with Crippen LogP contribution in [0.1, 0.15) is 10.4 Å². The van der Waals surface area contributed by atoms with Gasteiger partial charge in [0.05, 0.1) is 23.4 Å². The number of nitrogens with one attached hydrogen (secondary N) is 1. The Balaban J connectivity index is 2.26. The quantitative estimate of drug-likeness (QED) is 0.846. The summed E-state index contributed by atoms with van der Waals surface area (Å²) in [4.78, 5) is 12.1. The van der Waals surface area contributed by atoms with Crippen LogP contribution in [-0.4, -0.2) is 18.1 Å². The van der Waals surface area contributed by atoms with Crippen molar-refractivity contribution in [3.63, 3.8) is 0 Å². The number of para-hydroxylation sites is 1.